The van der Waals surface area contributed by atoms with Gasteiger partial charge in [-0.1, -0.05) is 37.3 Å². The molecule has 0 radical (unpaired) electrons. The number of hydrogen-bond donors (Lipinski definition) is 1. The SMILES string of the molecule is CCC1(C)O[C@@]1(CO)c1ccccc1. The summed E-state index contributed by atoms with van der Waals surface area (Å²) >= 11 is 0. The van der Waals surface area contributed by atoms with Crippen molar-refractivity contribution in [3.8, 4) is 0 Å². The van der Waals surface area contributed by atoms with Crippen molar-refractivity contribution in [3.63, 3.8) is 0 Å². The zero-order valence-corrected chi connectivity index (χ0v) is 8.66. The molecule has 1 aliphatic heterocycles. The fraction of sp³-hybridized carbons (Fsp3) is 0.500. The number of rotatable bonds is 3. The summed E-state index contributed by atoms with van der Waals surface area (Å²) in [7, 11) is 0. The molecule has 1 saturated heterocycles. The maximum absolute atomic E-state index is 9.45. The lowest BCUT2D eigenvalue weighted by Gasteiger charge is -2.13. The third-order valence-electron chi connectivity index (χ3n) is 3.35. The highest BCUT2D eigenvalue weighted by molar-refractivity contribution is 5.33. The lowest BCUT2D eigenvalue weighted by Crippen LogP contribution is -2.24. The summed E-state index contributed by atoms with van der Waals surface area (Å²) in [6, 6.07) is 9.95. The summed E-state index contributed by atoms with van der Waals surface area (Å²) in [5.74, 6) is 0. The second-order valence-corrected chi connectivity index (χ2v) is 4.04. The Bertz CT molecular complexity index is 322. The van der Waals surface area contributed by atoms with Gasteiger partial charge in [-0.15, -0.1) is 0 Å². The van der Waals surface area contributed by atoms with Crippen LogP contribution in [0.4, 0.5) is 0 Å². The maximum atomic E-state index is 9.45. The summed E-state index contributed by atoms with van der Waals surface area (Å²) in [5, 5.41) is 9.45. The van der Waals surface area contributed by atoms with E-state index in [1.807, 2.05) is 30.3 Å². The summed E-state index contributed by atoms with van der Waals surface area (Å²) < 4.78 is 5.73. The van der Waals surface area contributed by atoms with Crippen molar-refractivity contribution in [1.82, 2.24) is 0 Å². The minimum Gasteiger partial charge on any atom is -0.393 e. The van der Waals surface area contributed by atoms with Crippen LogP contribution in [0, 0.1) is 0 Å². The van der Waals surface area contributed by atoms with Crippen LogP contribution in [0.15, 0.2) is 30.3 Å². The molecule has 0 amide bonds. The van der Waals surface area contributed by atoms with Crippen LogP contribution < -0.4 is 0 Å². The summed E-state index contributed by atoms with van der Waals surface area (Å²) in [6.45, 7) is 4.19. The van der Waals surface area contributed by atoms with E-state index < -0.39 is 5.60 Å². The topological polar surface area (TPSA) is 32.8 Å². The van der Waals surface area contributed by atoms with Crippen molar-refractivity contribution in [2.75, 3.05) is 6.61 Å². The lowest BCUT2D eigenvalue weighted by molar-refractivity contribution is 0.170. The van der Waals surface area contributed by atoms with Gasteiger partial charge in [0.2, 0.25) is 0 Å². The van der Waals surface area contributed by atoms with E-state index in [2.05, 4.69) is 13.8 Å². The average molecular weight is 192 g/mol. The van der Waals surface area contributed by atoms with Crippen LogP contribution in [-0.2, 0) is 10.3 Å². The van der Waals surface area contributed by atoms with Crippen molar-refractivity contribution in [3.05, 3.63) is 35.9 Å². The Morgan fingerprint density at radius 2 is 1.93 bits per heavy atom. The van der Waals surface area contributed by atoms with E-state index in [-0.39, 0.29) is 12.2 Å². The van der Waals surface area contributed by atoms with Crippen molar-refractivity contribution in [2.45, 2.75) is 31.5 Å². The fourth-order valence-electron chi connectivity index (χ4n) is 2.08. The number of benzene rings is 1. The van der Waals surface area contributed by atoms with Gasteiger partial charge in [0.1, 0.15) is 11.2 Å². The highest BCUT2D eigenvalue weighted by atomic mass is 16.6. The predicted molar refractivity (Wildman–Crippen MR) is 55.0 cm³/mol. The van der Waals surface area contributed by atoms with Crippen LogP contribution in [0.2, 0.25) is 0 Å². The summed E-state index contributed by atoms with van der Waals surface area (Å²) in [4.78, 5) is 0. The van der Waals surface area contributed by atoms with E-state index in [0.29, 0.717) is 0 Å². The molecule has 0 spiro atoms. The van der Waals surface area contributed by atoms with E-state index >= 15 is 0 Å². The van der Waals surface area contributed by atoms with E-state index in [1.54, 1.807) is 0 Å². The predicted octanol–water partition coefficient (Wildman–Crippen LogP) is 2.07. The Balaban J connectivity index is 2.34. The Labute approximate surface area is 84.5 Å². The van der Waals surface area contributed by atoms with Gasteiger partial charge in [0.15, 0.2) is 0 Å². The summed E-state index contributed by atoms with van der Waals surface area (Å²) in [6.07, 6.45) is 0.919. The molecular weight excluding hydrogens is 176 g/mol. The second-order valence-electron chi connectivity index (χ2n) is 4.04. The molecule has 0 aromatic heterocycles. The molecule has 1 aromatic rings. The van der Waals surface area contributed by atoms with Crippen LogP contribution in [0.1, 0.15) is 25.8 Å². The van der Waals surface area contributed by atoms with Gasteiger partial charge >= 0.3 is 0 Å². The number of ether oxygens (including phenoxy) is 1. The van der Waals surface area contributed by atoms with Gasteiger partial charge < -0.3 is 9.84 Å². The quantitative estimate of drug-likeness (QED) is 0.744. The molecule has 1 N–H and O–H groups in total. The maximum Gasteiger partial charge on any atom is 0.145 e. The van der Waals surface area contributed by atoms with E-state index in [0.717, 1.165) is 12.0 Å². The van der Waals surface area contributed by atoms with Crippen LogP contribution in [0.5, 0.6) is 0 Å². The smallest absolute Gasteiger partial charge is 0.145 e. The third-order valence-corrected chi connectivity index (χ3v) is 3.35. The van der Waals surface area contributed by atoms with Crippen molar-refractivity contribution in [1.29, 1.82) is 0 Å². The Kier molecular flexibility index (Phi) is 2.13. The lowest BCUT2D eigenvalue weighted by atomic mass is 9.86. The normalized spacial score (nSPS) is 35.6. The third kappa shape index (κ3) is 1.11. The summed E-state index contributed by atoms with van der Waals surface area (Å²) in [5.41, 5.74) is 0.429. The van der Waals surface area contributed by atoms with Gasteiger partial charge in [-0.3, -0.25) is 0 Å². The Morgan fingerprint density at radius 1 is 1.29 bits per heavy atom. The Morgan fingerprint density at radius 3 is 2.36 bits per heavy atom. The first kappa shape index (κ1) is 9.69. The van der Waals surface area contributed by atoms with Gasteiger partial charge in [0.05, 0.1) is 6.61 Å². The van der Waals surface area contributed by atoms with Crippen molar-refractivity contribution >= 4 is 0 Å². The van der Waals surface area contributed by atoms with Gasteiger partial charge in [-0.05, 0) is 18.9 Å². The first-order chi connectivity index (χ1) is 6.68. The highest BCUT2D eigenvalue weighted by Gasteiger charge is 2.66. The Hall–Kier alpha value is -0.860. The molecule has 1 heterocycles. The molecule has 1 aliphatic rings. The van der Waals surface area contributed by atoms with Crippen LogP contribution in [-0.4, -0.2) is 17.3 Å². The first-order valence-corrected chi connectivity index (χ1v) is 5.05. The highest BCUT2D eigenvalue weighted by Crippen LogP contribution is 2.56. The molecule has 76 valence electrons. The zero-order valence-electron chi connectivity index (χ0n) is 8.66. The van der Waals surface area contributed by atoms with Gasteiger partial charge in [0.25, 0.3) is 0 Å². The molecular formula is C12H16O2. The van der Waals surface area contributed by atoms with Gasteiger partial charge in [0, 0.05) is 0 Å². The van der Waals surface area contributed by atoms with Crippen molar-refractivity contribution in [2.24, 2.45) is 0 Å². The van der Waals surface area contributed by atoms with Crippen LogP contribution in [0.25, 0.3) is 0 Å². The zero-order chi connectivity index (χ0) is 10.2. The molecule has 1 fully saturated rings. The van der Waals surface area contributed by atoms with E-state index in [4.69, 9.17) is 4.74 Å². The van der Waals surface area contributed by atoms with E-state index in [1.165, 1.54) is 0 Å². The van der Waals surface area contributed by atoms with Crippen LogP contribution in [0.3, 0.4) is 0 Å². The number of epoxide rings is 1. The van der Waals surface area contributed by atoms with Gasteiger partial charge in [-0.2, -0.15) is 0 Å². The van der Waals surface area contributed by atoms with Crippen molar-refractivity contribution < 1.29 is 9.84 Å². The monoisotopic (exact) mass is 192 g/mol. The molecule has 1 aromatic carbocycles. The molecule has 0 aliphatic carbocycles. The van der Waals surface area contributed by atoms with E-state index in [9.17, 15) is 5.11 Å². The molecule has 2 atom stereocenters. The first-order valence-electron chi connectivity index (χ1n) is 5.05. The second kappa shape index (κ2) is 3.07. The standard InChI is InChI=1S/C12H16O2/c1-3-11(2)12(9-13,14-11)10-7-5-4-6-8-10/h4-8,13H,3,9H2,1-2H3/t11?,12-/m0/s1. The van der Waals surface area contributed by atoms with Gasteiger partial charge in [-0.25, -0.2) is 0 Å². The number of hydrogen-bond acceptors (Lipinski definition) is 2. The molecule has 2 rings (SSSR count). The molecule has 0 saturated carbocycles. The minimum atomic E-state index is -0.455. The molecule has 2 heteroatoms. The minimum absolute atomic E-state index is 0.0569. The van der Waals surface area contributed by atoms with Crippen LogP contribution >= 0.6 is 0 Å². The molecule has 2 nitrogen and oxygen atoms in total. The molecule has 1 unspecified atom stereocenters. The largest absolute Gasteiger partial charge is 0.393 e. The fourth-order valence-corrected chi connectivity index (χ4v) is 2.08. The molecule has 14 heavy (non-hydrogen) atoms. The molecule has 0 bridgehead atoms. The number of aliphatic hydroxyl groups is 1. The number of aliphatic hydroxyl groups excluding tert-OH is 1. The average Bonchev–Trinajstić information content (AvgIpc) is 2.88.